The molecule has 27 heavy (non-hydrogen) atoms. The zero-order valence-electron chi connectivity index (χ0n) is 15.5. The Bertz CT molecular complexity index is 802. The fourth-order valence-electron chi connectivity index (χ4n) is 3.24. The maximum atomic E-state index is 12.6. The number of nitrogens with one attached hydrogen (secondary N) is 2. The zero-order chi connectivity index (χ0) is 19.4. The van der Waals surface area contributed by atoms with Gasteiger partial charge in [-0.25, -0.2) is 0 Å². The molecule has 1 aromatic heterocycles. The van der Waals surface area contributed by atoms with E-state index in [0.29, 0.717) is 5.02 Å². The average molecular weight is 406 g/mol. The maximum Gasteiger partial charge on any atom is 0.261 e. The molecule has 1 aliphatic heterocycles. The largest absolute Gasteiger partial charge is 0.349 e. The second-order valence-corrected chi connectivity index (χ2v) is 8.19. The Morgan fingerprint density at radius 2 is 1.96 bits per heavy atom. The minimum Gasteiger partial charge on any atom is -0.349 e. The van der Waals surface area contributed by atoms with Gasteiger partial charge < -0.3 is 10.6 Å². The molecule has 5 nitrogen and oxygen atoms in total. The normalized spacial score (nSPS) is 16.7. The van der Waals surface area contributed by atoms with Gasteiger partial charge in [0, 0.05) is 29.8 Å². The van der Waals surface area contributed by atoms with Crippen LogP contribution in [0.2, 0.25) is 5.02 Å². The first-order chi connectivity index (χ1) is 13.0. The van der Waals surface area contributed by atoms with Gasteiger partial charge in [0.15, 0.2) is 0 Å². The van der Waals surface area contributed by atoms with E-state index in [1.807, 2.05) is 49.6 Å². The second-order valence-electron chi connectivity index (χ2n) is 6.84. The number of nitrogens with zero attached hydrogens (tertiary/aromatic N) is 1. The van der Waals surface area contributed by atoms with Crippen LogP contribution in [0, 0.1) is 6.92 Å². The molecule has 0 spiro atoms. The Labute approximate surface area is 168 Å². The minimum atomic E-state index is -0.239. The quantitative estimate of drug-likeness (QED) is 0.792. The summed E-state index contributed by atoms with van der Waals surface area (Å²) in [5.74, 6) is -0.0490. The Balaban J connectivity index is 1.50. The molecule has 3 rings (SSSR count). The van der Waals surface area contributed by atoms with Crippen molar-refractivity contribution in [3.63, 3.8) is 0 Å². The topological polar surface area (TPSA) is 61.4 Å². The van der Waals surface area contributed by atoms with Gasteiger partial charge in [-0.3, -0.25) is 14.5 Å². The summed E-state index contributed by atoms with van der Waals surface area (Å²) in [6.45, 7) is 5.36. The molecule has 0 bridgehead atoms. The first-order valence-electron chi connectivity index (χ1n) is 9.10. The molecule has 1 aliphatic rings. The van der Waals surface area contributed by atoms with Crippen LogP contribution in [0.25, 0.3) is 0 Å². The van der Waals surface area contributed by atoms with E-state index in [2.05, 4.69) is 15.5 Å². The van der Waals surface area contributed by atoms with Gasteiger partial charge in [-0.15, -0.1) is 11.3 Å². The lowest BCUT2D eigenvalue weighted by atomic mass is 10.0. The van der Waals surface area contributed by atoms with Gasteiger partial charge in [0.1, 0.15) is 0 Å². The number of piperidine rings is 1. The number of carbonyl (C=O) groups excluding carboxylic acids is 2. The number of benzene rings is 1. The van der Waals surface area contributed by atoms with Gasteiger partial charge >= 0.3 is 0 Å². The predicted molar refractivity (Wildman–Crippen MR) is 111 cm³/mol. The van der Waals surface area contributed by atoms with Gasteiger partial charge in [-0.05, 0) is 55.8 Å². The lowest BCUT2D eigenvalue weighted by molar-refractivity contribution is -0.121. The van der Waals surface area contributed by atoms with E-state index in [0.717, 1.165) is 42.1 Å². The van der Waals surface area contributed by atoms with E-state index >= 15 is 0 Å². The van der Waals surface area contributed by atoms with Crippen molar-refractivity contribution in [3.05, 3.63) is 51.2 Å². The van der Waals surface area contributed by atoms with Crippen LogP contribution >= 0.6 is 22.9 Å². The highest BCUT2D eigenvalue weighted by atomic mass is 35.5. The number of anilines is 1. The number of halogens is 1. The molecule has 1 fully saturated rings. The molecule has 1 atom stereocenters. The first-order valence-corrected chi connectivity index (χ1v) is 10.4. The van der Waals surface area contributed by atoms with Gasteiger partial charge in [0.05, 0.1) is 10.9 Å². The van der Waals surface area contributed by atoms with Crippen molar-refractivity contribution >= 4 is 40.4 Å². The lowest BCUT2D eigenvalue weighted by Crippen LogP contribution is -2.50. The molecule has 7 heteroatoms. The van der Waals surface area contributed by atoms with Gasteiger partial charge in [-0.2, -0.15) is 0 Å². The highest BCUT2D eigenvalue weighted by Gasteiger charge is 2.27. The molecule has 2 N–H and O–H groups in total. The van der Waals surface area contributed by atoms with Crippen molar-refractivity contribution in [2.24, 2.45) is 0 Å². The van der Waals surface area contributed by atoms with Crippen molar-refractivity contribution < 1.29 is 9.59 Å². The van der Waals surface area contributed by atoms with Crippen LogP contribution < -0.4 is 10.6 Å². The Morgan fingerprint density at radius 1 is 1.22 bits per heavy atom. The van der Waals surface area contributed by atoms with Crippen molar-refractivity contribution in [2.45, 2.75) is 38.8 Å². The number of thiophene rings is 1. The molecule has 0 radical (unpaired) electrons. The summed E-state index contributed by atoms with van der Waals surface area (Å²) in [5, 5.41) is 8.61. The molecule has 1 aromatic carbocycles. The Morgan fingerprint density at radius 3 is 2.63 bits per heavy atom. The van der Waals surface area contributed by atoms with Crippen molar-refractivity contribution in [2.75, 3.05) is 18.4 Å². The van der Waals surface area contributed by atoms with Gasteiger partial charge in [0.2, 0.25) is 5.91 Å². The Hall–Kier alpha value is -1.89. The molecule has 0 saturated carbocycles. The predicted octanol–water partition coefficient (Wildman–Crippen LogP) is 3.93. The molecule has 2 aromatic rings. The SMILES string of the molecule is Cc1c(Cl)cccc1NC(=O)C(C)N1CCC(NC(=O)c2cccs2)CC1. The van der Waals surface area contributed by atoms with Crippen LogP contribution in [0.15, 0.2) is 35.7 Å². The molecular formula is C20H24ClN3O2S. The number of hydrogen-bond acceptors (Lipinski definition) is 4. The summed E-state index contributed by atoms with van der Waals surface area (Å²) < 4.78 is 0. The van der Waals surface area contributed by atoms with E-state index < -0.39 is 0 Å². The van der Waals surface area contributed by atoms with E-state index in [1.165, 1.54) is 11.3 Å². The van der Waals surface area contributed by atoms with Crippen LogP contribution in [0.5, 0.6) is 0 Å². The number of carbonyl (C=O) groups is 2. The molecule has 144 valence electrons. The van der Waals surface area contributed by atoms with E-state index in [4.69, 9.17) is 11.6 Å². The van der Waals surface area contributed by atoms with Crippen LogP contribution in [0.1, 0.15) is 35.0 Å². The summed E-state index contributed by atoms with van der Waals surface area (Å²) in [6.07, 6.45) is 1.68. The summed E-state index contributed by atoms with van der Waals surface area (Å²) in [5.41, 5.74) is 1.62. The maximum absolute atomic E-state index is 12.6. The lowest BCUT2D eigenvalue weighted by Gasteiger charge is -2.35. The summed E-state index contributed by atoms with van der Waals surface area (Å²) >= 11 is 7.57. The second kappa shape index (κ2) is 8.87. The smallest absolute Gasteiger partial charge is 0.261 e. The van der Waals surface area contributed by atoms with Crippen molar-refractivity contribution in [3.8, 4) is 0 Å². The Kier molecular flexibility index (Phi) is 6.52. The molecule has 2 heterocycles. The third kappa shape index (κ3) is 4.89. The van der Waals surface area contributed by atoms with Crippen LogP contribution in [0.3, 0.4) is 0 Å². The van der Waals surface area contributed by atoms with Gasteiger partial charge in [-0.1, -0.05) is 23.7 Å². The first kappa shape index (κ1) is 19.9. The van der Waals surface area contributed by atoms with Crippen molar-refractivity contribution in [1.29, 1.82) is 0 Å². The van der Waals surface area contributed by atoms with Crippen LogP contribution in [-0.4, -0.2) is 41.9 Å². The monoisotopic (exact) mass is 405 g/mol. The summed E-state index contributed by atoms with van der Waals surface area (Å²) in [7, 11) is 0. The minimum absolute atomic E-state index is 0.00864. The molecule has 0 aliphatic carbocycles. The third-order valence-electron chi connectivity index (χ3n) is 5.06. The standard InChI is InChI=1S/C20H24ClN3O2S/c1-13-16(21)5-3-6-17(13)23-19(25)14(2)24-10-8-15(9-11-24)22-20(26)18-7-4-12-27-18/h3-7,12,14-15H,8-11H2,1-2H3,(H,22,26)(H,23,25). The zero-order valence-corrected chi connectivity index (χ0v) is 17.1. The summed E-state index contributed by atoms with van der Waals surface area (Å²) in [6, 6.07) is 9.13. The third-order valence-corrected chi connectivity index (χ3v) is 6.34. The van der Waals surface area contributed by atoms with Gasteiger partial charge in [0.25, 0.3) is 5.91 Å². The molecule has 1 saturated heterocycles. The fourth-order valence-corrected chi connectivity index (χ4v) is 4.04. The number of rotatable bonds is 5. The highest BCUT2D eigenvalue weighted by Crippen LogP contribution is 2.23. The molecule has 2 amide bonds. The van der Waals surface area contributed by atoms with Crippen molar-refractivity contribution in [1.82, 2.24) is 10.2 Å². The number of hydrogen-bond donors (Lipinski definition) is 2. The van der Waals surface area contributed by atoms with Crippen LogP contribution in [0.4, 0.5) is 5.69 Å². The number of likely N-dealkylation sites (tertiary alicyclic amines) is 1. The van der Waals surface area contributed by atoms with E-state index in [-0.39, 0.29) is 23.9 Å². The number of amides is 2. The molecule has 1 unspecified atom stereocenters. The average Bonchev–Trinajstić information content (AvgIpc) is 3.20. The van der Waals surface area contributed by atoms with E-state index in [1.54, 1.807) is 0 Å². The van der Waals surface area contributed by atoms with E-state index in [9.17, 15) is 9.59 Å². The summed E-state index contributed by atoms with van der Waals surface area (Å²) in [4.78, 5) is 27.7. The highest BCUT2D eigenvalue weighted by molar-refractivity contribution is 7.12. The fraction of sp³-hybridized carbons (Fsp3) is 0.400. The van der Waals surface area contributed by atoms with Crippen LogP contribution in [-0.2, 0) is 4.79 Å². The molecular weight excluding hydrogens is 382 g/mol.